The molecule has 0 radical (unpaired) electrons. The van der Waals surface area contributed by atoms with Gasteiger partial charge in [0.05, 0.1) is 17.2 Å². The smallest absolute Gasteiger partial charge is 0.257 e. The Morgan fingerprint density at radius 2 is 1.95 bits per heavy atom. The zero-order valence-electron chi connectivity index (χ0n) is 11.2. The lowest BCUT2D eigenvalue weighted by molar-refractivity contribution is 0.0779. The van der Waals surface area contributed by atoms with E-state index >= 15 is 0 Å². The highest BCUT2D eigenvalue weighted by atomic mass is 19.2. The fraction of sp³-hybridized carbons (Fsp3) is 0.133. The Bertz CT molecular complexity index is 708. The number of halogens is 2. The molecule has 2 rings (SSSR count). The summed E-state index contributed by atoms with van der Waals surface area (Å²) in [6.07, 6.45) is 1.04. The van der Waals surface area contributed by atoms with Crippen LogP contribution in [0.1, 0.15) is 21.5 Å². The first-order valence-electron chi connectivity index (χ1n) is 6.07. The van der Waals surface area contributed by atoms with Crippen molar-refractivity contribution < 1.29 is 13.6 Å². The lowest BCUT2D eigenvalue weighted by atomic mass is 10.1. The van der Waals surface area contributed by atoms with Gasteiger partial charge in [-0.05, 0) is 23.8 Å². The summed E-state index contributed by atoms with van der Waals surface area (Å²) >= 11 is 0. The van der Waals surface area contributed by atoms with Crippen LogP contribution in [0.5, 0.6) is 0 Å². The number of nitriles is 1. The highest BCUT2D eigenvalue weighted by Crippen LogP contribution is 2.13. The van der Waals surface area contributed by atoms with Crippen molar-refractivity contribution in [3.05, 3.63) is 65.0 Å². The zero-order valence-corrected chi connectivity index (χ0v) is 11.2. The Morgan fingerprint density at radius 1 is 1.29 bits per heavy atom. The third kappa shape index (κ3) is 3.20. The molecule has 1 heterocycles. The van der Waals surface area contributed by atoms with Gasteiger partial charge in [0.25, 0.3) is 5.91 Å². The van der Waals surface area contributed by atoms with Crippen LogP contribution in [0.15, 0.2) is 36.5 Å². The Balaban J connectivity index is 2.15. The molecule has 4 nitrogen and oxygen atoms in total. The molecule has 1 amide bonds. The number of benzene rings is 1. The van der Waals surface area contributed by atoms with E-state index in [0.29, 0.717) is 5.56 Å². The Morgan fingerprint density at radius 3 is 2.57 bits per heavy atom. The zero-order chi connectivity index (χ0) is 15.4. The summed E-state index contributed by atoms with van der Waals surface area (Å²) in [7, 11) is 1.48. The molecule has 0 saturated heterocycles. The number of hydrogen-bond donors (Lipinski definition) is 0. The number of nitrogens with zero attached hydrogens (tertiary/aromatic N) is 3. The molecule has 0 bridgehead atoms. The van der Waals surface area contributed by atoms with E-state index in [1.807, 2.05) is 6.07 Å². The molecule has 106 valence electrons. The second-order valence-electron chi connectivity index (χ2n) is 4.43. The van der Waals surface area contributed by atoms with Crippen LogP contribution in [0.3, 0.4) is 0 Å². The molecule has 0 spiro atoms. The monoisotopic (exact) mass is 287 g/mol. The summed E-state index contributed by atoms with van der Waals surface area (Å²) in [5.41, 5.74) is 0.924. The van der Waals surface area contributed by atoms with Gasteiger partial charge in [0.2, 0.25) is 5.95 Å². The average molecular weight is 287 g/mol. The molecule has 0 atom stereocenters. The van der Waals surface area contributed by atoms with E-state index in [0.717, 1.165) is 17.8 Å². The predicted octanol–water partition coefficient (Wildman–Crippen LogP) is 2.50. The molecule has 6 heteroatoms. The molecule has 21 heavy (non-hydrogen) atoms. The van der Waals surface area contributed by atoms with E-state index in [-0.39, 0.29) is 12.1 Å². The quantitative estimate of drug-likeness (QED) is 0.815. The lowest BCUT2D eigenvalue weighted by Gasteiger charge is -2.17. The number of aromatic nitrogens is 1. The second-order valence-corrected chi connectivity index (χ2v) is 4.43. The van der Waals surface area contributed by atoms with E-state index in [1.165, 1.54) is 11.9 Å². The van der Waals surface area contributed by atoms with E-state index in [4.69, 9.17) is 5.26 Å². The van der Waals surface area contributed by atoms with Crippen molar-refractivity contribution in [3.63, 3.8) is 0 Å². The maximum Gasteiger partial charge on any atom is 0.257 e. The first kappa shape index (κ1) is 14.6. The van der Waals surface area contributed by atoms with Crippen LogP contribution in [0, 0.1) is 23.1 Å². The molecule has 0 aliphatic carbocycles. The van der Waals surface area contributed by atoms with Crippen LogP contribution < -0.4 is 0 Å². The third-order valence-electron chi connectivity index (χ3n) is 2.93. The average Bonchev–Trinajstić information content (AvgIpc) is 2.50. The largest absolute Gasteiger partial charge is 0.337 e. The number of pyridine rings is 1. The van der Waals surface area contributed by atoms with Gasteiger partial charge >= 0.3 is 0 Å². The highest BCUT2D eigenvalue weighted by Gasteiger charge is 2.19. The minimum atomic E-state index is -1.30. The Hall–Kier alpha value is -2.81. The molecular formula is C15H11F2N3O. The minimum Gasteiger partial charge on any atom is -0.337 e. The van der Waals surface area contributed by atoms with Gasteiger partial charge in [-0.2, -0.15) is 9.65 Å². The number of amides is 1. The molecule has 0 saturated carbocycles. The molecule has 0 N–H and O–H groups in total. The number of carbonyl (C=O) groups is 1. The molecule has 1 aromatic carbocycles. The van der Waals surface area contributed by atoms with Crippen molar-refractivity contribution in [2.45, 2.75) is 6.54 Å². The first-order chi connectivity index (χ1) is 10.0. The fourth-order valence-corrected chi connectivity index (χ4v) is 1.82. The van der Waals surface area contributed by atoms with Gasteiger partial charge in [-0.25, -0.2) is 9.37 Å². The van der Waals surface area contributed by atoms with Gasteiger partial charge < -0.3 is 4.90 Å². The second kappa shape index (κ2) is 6.09. The van der Waals surface area contributed by atoms with Crippen molar-refractivity contribution >= 4 is 5.91 Å². The van der Waals surface area contributed by atoms with Crippen LogP contribution in [0.4, 0.5) is 8.78 Å². The van der Waals surface area contributed by atoms with Gasteiger partial charge in [-0.15, -0.1) is 0 Å². The van der Waals surface area contributed by atoms with E-state index in [1.54, 1.807) is 24.3 Å². The number of hydrogen-bond acceptors (Lipinski definition) is 3. The summed E-state index contributed by atoms with van der Waals surface area (Å²) < 4.78 is 26.6. The maximum absolute atomic E-state index is 13.5. The Kier molecular flexibility index (Phi) is 4.24. The van der Waals surface area contributed by atoms with Crippen LogP contribution in [-0.2, 0) is 6.54 Å². The number of rotatable bonds is 3. The lowest BCUT2D eigenvalue weighted by Crippen LogP contribution is -2.27. The summed E-state index contributed by atoms with van der Waals surface area (Å²) in [6, 6.07) is 9.78. The Labute approximate surface area is 120 Å². The van der Waals surface area contributed by atoms with Crippen LogP contribution in [-0.4, -0.2) is 22.8 Å². The maximum atomic E-state index is 13.5. The molecular weight excluding hydrogens is 276 g/mol. The SMILES string of the molecule is CN(Cc1ccc(C#N)cc1)C(=O)c1ccnc(F)c1F. The van der Waals surface area contributed by atoms with Crippen molar-refractivity contribution in [2.24, 2.45) is 0 Å². The topological polar surface area (TPSA) is 57.0 Å². The van der Waals surface area contributed by atoms with Crippen molar-refractivity contribution in [1.29, 1.82) is 5.26 Å². The molecule has 0 fully saturated rings. The van der Waals surface area contributed by atoms with E-state index < -0.39 is 17.7 Å². The summed E-state index contributed by atoms with van der Waals surface area (Å²) in [5.74, 6) is -3.19. The predicted molar refractivity (Wildman–Crippen MR) is 71.1 cm³/mol. The van der Waals surface area contributed by atoms with Crippen LogP contribution in [0.2, 0.25) is 0 Å². The summed E-state index contributed by atoms with van der Waals surface area (Å²) in [6.45, 7) is 0.216. The molecule has 0 aliphatic rings. The van der Waals surface area contributed by atoms with Gasteiger partial charge in [-0.1, -0.05) is 12.1 Å². The first-order valence-corrected chi connectivity index (χ1v) is 6.07. The molecule has 1 aromatic heterocycles. The number of carbonyl (C=O) groups excluding carboxylic acids is 1. The van der Waals surface area contributed by atoms with Gasteiger partial charge in [0, 0.05) is 19.8 Å². The van der Waals surface area contributed by atoms with Gasteiger partial charge in [0.1, 0.15) is 0 Å². The van der Waals surface area contributed by atoms with E-state index in [2.05, 4.69) is 4.98 Å². The van der Waals surface area contributed by atoms with Crippen LogP contribution >= 0.6 is 0 Å². The van der Waals surface area contributed by atoms with Crippen LogP contribution in [0.25, 0.3) is 0 Å². The van der Waals surface area contributed by atoms with Crippen molar-refractivity contribution in [2.75, 3.05) is 7.05 Å². The minimum absolute atomic E-state index is 0.216. The van der Waals surface area contributed by atoms with Crippen molar-refractivity contribution in [1.82, 2.24) is 9.88 Å². The van der Waals surface area contributed by atoms with Gasteiger partial charge in [0.15, 0.2) is 5.82 Å². The van der Waals surface area contributed by atoms with Crippen molar-refractivity contribution in [3.8, 4) is 6.07 Å². The van der Waals surface area contributed by atoms with E-state index in [9.17, 15) is 13.6 Å². The molecule has 0 unspecified atom stereocenters. The standard InChI is InChI=1S/C15H11F2N3O/c1-20(9-11-4-2-10(8-18)3-5-11)15(21)12-6-7-19-14(17)13(12)16/h2-7H,9H2,1H3. The summed E-state index contributed by atoms with van der Waals surface area (Å²) in [5, 5.41) is 8.71. The normalized spacial score (nSPS) is 10.0. The highest BCUT2D eigenvalue weighted by molar-refractivity contribution is 5.94. The fourth-order valence-electron chi connectivity index (χ4n) is 1.82. The summed E-state index contributed by atoms with van der Waals surface area (Å²) in [4.78, 5) is 16.5. The van der Waals surface area contributed by atoms with Gasteiger partial charge in [-0.3, -0.25) is 4.79 Å². The molecule has 2 aromatic rings. The molecule has 0 aliphatic heterocycles. The third-order valence-corrected chi connectivity index (χ3v) is 2.93.